The molecule has 0 aliphatic carbocycles. The molecule has 1 heterocycles. The maximum Gasteiger partial charge on any atom is 0.254 e. The number of ether oxygens (including phenoxy) is 3. The molecule has 1 aliphatic rings. The average Bonchev–Trinajstić information content (AvgIpc) is 3.07. The summed E-state index contributed by atoms with van der Waals surface area (Å²) in [5, 5.41) is 3.07. The lowest BCUT2D eigenvalue weighted by Gasteiger charge is -2.29. The minimum Gasteiger partial charge on any atom is -0.493 e. The zero-order valence-corrected chi connectivity index (χ0v) is 16.6. The molecule has 1 N–H and O–H groups in total. The van der Waals surface area contributed by atoms with Crippen LogP contribution in [0.25, 0.3) is 0 Å². The number of amides is 1. The normalized spacial score (nSPS) is 16.6. The van der Waals surface area contributed by atoms with Crippen molar-refractivity contribution in [2.24, 2.45) is 5.92 Å². The molecule has 1 aromatic carbocycles. The quantitative estimate of drug-likeness (QED) is 0.625. The van der Waals surface area contributed by atoms with Gasteiger partial charge in [0.1, 0.15) is 0 Å². The van der Waals surface area contributed by atoms with E-state index in [1.54, 1.807) is 37.3 Å². The Morgan fingerprint density at radius 1 is 1.26 bits per heavy atom. The molecule has 150 valence electrons. The van der Waals surface area contributed by atoms with Crippen molar-refractivity contribution in [1.82, 2.24) is 10.2 Å². The van der Waals surface area contributed by atoms with E-state index in [9.17, 15) is 9.59 Å². The van der Waals surface area contributed by atoms with Gasteiger partial charge in [-0.1, -0.05) is 0 Å². The topological polar surface area (TPSA) is 77.1 Å². The Kier molecular flexibility index (Phi) is 8.06. The van der Waals surface area contributed by atoms with E-state index in [1.807, 2.05) is 13.8 Å². The van der Waals surface area contributed by atoms with Gasteiger partial charge in [0.05, 0.1) is 20.3 Å². The van der Waals surface area contributed by atoms with Gasteiger partial charge in [0.15, 0.2) is 17.3 Å². The van der Waals surface area contributed by atoms with Crippen LogP contribution in [0.2, 0.25) is 0 Å². The molecule has 1 atom stereocenters. The molecule has 0 unspecified atom stereocenters. The second kappa shape index (κ2) is 10.3. The molecule has 0 saturated carbocycles. The van der Waals surface area contributed by atoms with Crippen molar-refractivity contribution in [3.05, 3.63) is 23.8 Å². The first-order valence-electron chi connectivity index (χ1n) is 9.32. The summed E-state index contributed by atoms with van der Waals surface area (Å²) in [7, 11) is 3.21. The van der Waals surface area contributed by atoms with Crippen LogP contribution in [0.1, 0.15) is 30.6 Å². The van der Waals surface area contributed by atoms with Crippen LogP contribution >= 0.6 is 0 Å². The molecule has 27 heavy (non-hydrogen) atoms. The van der Waals surface area contributed by atoms with E-state index in [4.69, 9.17) is 14.2 Å². The molecule has 0 radical (unpaired) electrons. The number of methoxy groups -OCH3 is 2. The number of carbonyl (C=O) groups is 2. The lowest BCUT2D eigenvalue weighted by atomic mass is 10.0. The summed E-state index contributed by atoms with van der Waals surface area (Å²) in [6.45, 7) is 6.40. The zero-order chi connectivity index (χ0) is 19.8. The fourth-order valence-corrected chi connectivity index (χ4v) is 3.03. The number of nitrogens with one attached hydrogen (secondary N) is 1. The van der Waals surface area contributed by atoms with E-state index in [2.05, 4.69) is 5.32 Å². The van der Waals surface area contributed by atoms with E-state index in [-0.39, 0.29) is 23.7 Å². The SMILES string of the molecule is COCCCOc1cc(C(=O)N(C[C@@H]2CNCC2=O)C(C)C)ccc1OC. The highest BCUT2D eigenvalue weighted by Gasteiger charge is 2.30. The van der Waals surface area contributed by atoms with Crippen molar-refractivity contribution in [3.63, 3.8) is 0 Å². The molecule has 0 spiro atoms. The van der Waals surface area contributed by atoms with Gasteiger partial charge in [-0.2, -0.15) is 0 Å². The van der Waals surface area contributed by atoms with Crippen molar-refractivity contribution in [1.29, 1.82) is 0 Å². The molecular weight excluding hydrogens is 348 g/mol. The highest BCUT2D eigenvalue weighted by atomic mass is 16.5. The second-order valence-corrected chi connectivity index (χ2v) is 6.91. The van der Waals surface area contributed by atoms with E-state index in [0.29, 0.717) is 49.9 Å². The fraction of sp³-hybridized carbons (Fsp3) is 0.600. The molecule has 1 aliphatic heterocycles. The third-order valence-corrected chi connectivity index (χ3v) is 4.61. The Balaban J connectivity index is 2.15. The van der Waals surface area contributed by atoms with Crippen LogP contribution in [-0.4, -0.2) is 69.7 Å². The number of benzene rings is 1. The van der Waals surface area contributed by atoms with Crippen LogP contribution in [-0.2, 0) is 9.53 Å². The molecule has 7 heteroatoms. The van der Waals surface area contributed by atoms with E-state index in [0.717, 1.165) is 6.42 Å². The summed E-state index contributed by atoms with van der Waals surface area (Å²) in [6.07, 6.45) is 0.743. The third kappa shape index (κ3) is 5.68. The zero-order valence-electron chi connectivity index (χ0n) is 16.6. The van der Waals surface area contributed by atoms with Gasteiger partial charge in [0.2, 0.25) is 0 Å². The smallest absolute Gasteiger partial charge is 0.254 e. The number of hydrogen-bond acceptors (Lipinski definition) is 6. The maximum absolute atomic E-state index is 13.1. The van der Waals surface area contributed by atoms with E-state index in [1.165, 1.54) is 0 Å². The maximum atomic E-state index is 13.1. The van der Waals surface area contributed by atoms with Crippen LogP contribution in [0, 0.1) is 5.92 Å². The van der Waals surface area contributed by atoms with Gasteiger partial charge < -0.3 is 24.4 Å². The van der Waals surface area contributed by atoms with Gasteiger partial charge in [-0.05, 0) is 32.0 Å². The first-order chi connectivity index (χ1) is 13.0. The van der Waals surface area contributed by atoms with Gasteiger partial charge in [-0.3, -0.25) is 9.59 Å². The molecule has 0 aromatic heterocycles. The van der Waals surface area contributed by atoms with Gasteiger partial charge in [0, 0.05) is 50.8 Å². The Labute approximate surface area is 161 Å². The average molecular weight is 378 g/mol. The van der Waals surface area contributed by atoms with Crippen LogP contribution in [0.5, 0.6) is 11.5 Å². The second-order valence-electron chi connectivity index (χ2n) is 6.91. The highest BCUT2D eigenvalue weighted by molar-refractivity contribution is 5.95. The molecule has 7 nitrogen and oxygen atoms in total. The van der Waals surface area contributed by atoms with Crippen molar-refractivity contribution in [2.75, 3.05) is 47.1 Å². The summed E-state index contributed by atoms with van der Waals surface area (Å²) < 4.78 is 16.1. The van der Waals surface area contributed by atoms with Gasteiger partial charge in [-0.15, -0.1) is 0 Å². The monoisotopic (exact) mass is 378 g/mol. The molecule has 2 rings (SSSR count). The lowest BCUT2D eigenvalue weighted by Crippen LogP contribution is -2.42. The predicted octanol–water partition coefficient (Wildman–Crippen LogP) is 1.75. The number of carbonyl (C=O) groups excluding carboxylic acids is 2. The van der Waals surface area contributed by atoms with Crippen LogP contribution < -0.4 is 14.8 Å². The van der Waals surface area contributed by atoms with Crippen LogP contribution in [0.3, 0.4) is 0 Å². The van der Waals surface area contributed by atoms with Crippen molar-refractivity contribution in [3.8, 4) is 11.5 Å². The first-order valence-corrected chi connectivity index (χ1v) is 9.32. The number of nitrogens with zero attached hydrogens (tertiary/aromatic N) is 1. The highest BCUT2D eigenvalue weighted by Crippen LogP contribution is 2.29. The Hall–Kier alpha value is -2.12. The standard InChI is InChI=1S/C20H30N2O5/c1-14(2)22(13-16-11-21-12-17(16)23)20(24)15-6-7-18(26-4)19(10-15)27-9-5-8-25-3/h6-7,10,14,16,21H,5,8-9,11-13H2,1-4H3/t16-/m0/s1. The summed E-state index contributed by atoms with van der Waals surface area (Å²) in [5.41, 5.74) is 0.518. The summed E-state index contributed by atoms with van der Waals surface area (Å²) in [6, 6.07) is 5.16. The van der Waals surface area contributed by atoms with Gasteiger partial charge >= 0.3 is 0 Å². The number of Topliss-reactive ketones (excluding diaryl/α,β-unsaturated/α-hetero) is 1. The third-order valence-electron chi connectivity index (χ3n) is 4.61. The molecule has 1 saturated heterocycles. The minimum absolute atomic E-state index is 0.0147. The van der Waals surface area contributed by atoms with E-state index < -0.39 is 0 Å². The number of rotatable bonds is 10. The van der Waals surface area contributed by atoms with Gasteiger partial charge in [-0.25, -0.2) is 0 Å². The number of ketones is 1. The lowest BCUT2D eigenvalue weighted by molar-refractivity contribution is -0.119. The summed E-state index contributed by atoms with van der Waals surface area (Å²) in [4.78, 5) is 26.8. The molecule has 0 bridgehead atoms. The number of hydrogen-bond donors (Lipinski definition) is 1. The summed E-state index contributed by atoms with van der Waals surface area (Å²) >= 11 is 0. The van der Waals surface area contributed by atoms with Crippen molar-refractivity contribution >= 4 is 11.7 Å². The minimum atomic E-state index is -0.153. The molecular formula is C20H30N2O5. The van der Waals surface area contributed by atoms with Crippen LogP contribution in [0.15, 0.2) is 18.2 Å². The van der Waals surface area contributed by atoms with Crippen molar-refractivity contribution in [2.45, 2.75) is 26.3 Å². The van der Waals surface area contributed by atoms with Crippen molar-refractivity contribution < 1.29 is 23.8 Å². The Morgan fingerprint density at radius 2 is 2.04 bits per heavy atom. The Bertz CT molecular complexity index is 647. The Morgan fingerprint density at radius 3 is 2.63 bits per heavy atom. The summed E-state index contributed by atoms with van der Waals surface area (Å²) in [5.74, 6) is 0.996. The first kappa shape index (κ1) is 21.2. The van der Waals surface area contributed by atoms with Gasteiger partial charge in [0.25, 0.3) is 5.91 Å². The largest absolute Gasteiger partial charge is 0.493 e. The predicted molar refractivity (Wildman–Crippen MR) is 103 cm³/mol. The molecule has 1 amide bonds. The fourth-order valence-electron chi connectivity index (χ4n) is 3.03. The van der Waals surface area contributed by atoms with E-state index >= 15 is 0 Å². The molecule has 1 aromatic rings. The molecule has 1 fully saturated rings. The van der Waals surface area contributed by atoms with Crippen LogP contribution in [0.4, 0.5) is 0 Å².